The molecule has 2 nitrogen and oxygen atoms in total. The second kappa shape index (κ2) is 6.41. The lowest BCUT2D eigenvalue weighted by Crippen LogP contribution is -2.32. The third-order valence-electron chi connectivity index (χ3n) is 3.13. The molecule has 84 valence electrons. The van der Waals surface area contributed by atoms with Gasteiger partial charge in [-0.25, -0.2) is 0 Å². The highest BCUT2D eigenvalue weighted by Crippen LogP contribution is 2.34. The Morgan fingerprint density at radius 2 is 2.07 bits per heavy atom. The summed E-state index contributed by atoms with van der Waals surface area (Å²) in [6.45, 7) is 5.56. The van der Waals surface area contributed by atoms with Gasteiger partial charge in [-0.1, -0.05) is 6.92 Å². The Morgan fingerprint density at radius 3 is 2.57 bits per heavy atom. The highest BCUT2D eigenvalue weighted by atomic mass is 16.5. The molecule has 0 aromatic rings. The van der Waals surface area contributed by atoms with Gasteiger partial charge in [0.05, 0.1) is 6.10 Å². The predicted molar refractivity (Wildman–Crippen MR) is 60.5 cm³/mol. The minimum atomic E-state index is 0.416. The van der Waals surface area contributed by atoms with Crippen LogP contribution in [0.5, 0.6) is 0 Å². The van der Waals surface area contributed by atoms with E-state index in [9.17, 15) is 0 Å². The number of hydrogen-bond donors (Lipinski definition) is 1. The molecule has 0 amide bonds. The molecule has 1 aliphatic carbocycles. The van der Waals surface area contributed by atoms with E-state index in [0.717, 1.165) is 12.0 Å². The number of ether oxygens (including phenoxy) is 1. The van der Waals surface area contributed by atoms with E-state index in [-0.39, 0.29) is 0 Å². The molecule has 0 radical (unpaired) electrons. The average molecular weight is 199 g/mol. The van der Waals surface area contributed by atoms with Crippen LogP contribution in [0.1, 0.15) is 46.0 Å². The summed E-state index contributed by atoms with van der Waals surface area (Å²) in [7, 11) is 1.80. The first-order chi connectivity index (χ1) is 6.77. The van der Waals surface area contributed by atoms with Crippen LogP contribution in [-0.2, 0) is 4.74 Å². The maximum Gasteiger partial charge on any atom is 0.0543 e. The molecule has 1 aliphatic rings. The maximum absolute atomic E-state index is 5.28. The fraction of sp³-hybridized carbons (Fsp3) is 1.00. The molecule has 0 bridgehead atoms. The predicted octanol–water partition coefficient (Wildman–Crippen LogP) is 2.58. The van der Waals surface area contributed by atoms with E-state index in [0.29, 0.717) is 6.10 Å². The first-order valence-electron chi connectivity index (χ1n) is 6.04. The molecule has 1 N–H and O–H groups in total. The van der Waals surface area contributed by atoms with Crippen LogP contribution in [0.4, 0.5) is 0 Å². The van der Waals surface area contributed by atoms with Crippen LogP contribution >= 0.6 is 0 Å². The van der Waals surface area contributed by atoms with Crippen molar-refractivity contribution in [3.63, 3.8) is 0 Å². The van der Waals surface area contributed by atoms with Gasteiger partial charge in [0, 0.05) is 13.2 Å². The van der Waals surface area contributed by atoms with Gasteiger partial charge in [0.25, 0.3) is 0 Å². The van der Waals surface area contributed by atoms with E-state index in [1.54, 1.807) is 7.11 Å². The smallest absolute Gasteiger partial charge is 0.0543 e. The molecule has 2 unspecified atom stereocenters. The van der Waals surface area contributed by atoms with Gasteiger partial charge in [-0.15, -0.1) is 0 Å². The second-order valence-corrected chi connectivity index (χ2v) is 4.52. The summed E-state index contributed by atoms with van der Waals surface area (Å²) in [5.74, 6) is 0.964. The van der Waals surface area contributed by atoms with Crippen molar-refractivity contribution in [1.82, 2.24) is 5.32 Å². The molecule has 0 aromatic carbocycles. The third kappa shape index (κ3) is 4.43. The highest BCUT2D eigenvalue weighted by Gasteiger charge is 2.30. The monoisotopic (exact) mass is 199 g/mol. The summed E-state index contributed by atoms with van der Waals surface area (Å²) >= 11 is 0. The number of methoxy groups -OCH3 is 1. The van der Waals surface area contributed by atoms with E-state index in [4.69, 9.17) is 4.74 Å². The van der Waals surface area contributed by atoms with Crippen molar-refractivity contribution in [2.75, 3.05) is 13.7 Å². The van der Waals surface area contributed by atoms with Crippen molar-refractivity contribution in [3.8, 4) is 0 Å². The van der Waals surface area contributed by atoms with Crippen LogP contribution in [0, 0.1) is 5.92 Å². The lowest BCUT2D eigenvalue weighted by molar-refractivity contribution is 0.105. The fourth-order valence-electron chi connectivity index (χ4n) is 1.86. The highest BCUT2D eigenvalue weighted by molar-refractivity contribution is 4.86. The average Bonchev–Trinajstić information content (AvgIpc) is 3.01. The first kappa shape index (κ1) is 12.0. The van der Waals surface area contributed by atoms with Crippen LogP contribution in [-0.4, -0.2) is 25.8 Å². The third-order valence-corrected chi connectivity index (χ3v) is 3.13. The van der Waals surface area contributed by atoms with E-state index in [1.807, 2.05) is 0 Å². The topological polar surface area (TPSA) is 21.3 Å². The lowest BCUT2D eigenvalue weighted by atomic mass is 10.0. The maximum atomic E-state index is 5.28. The Balaban J connectivity index is 2.14. The summed E-state index contributed by atoms with van der Waals surface area (Å²) in [4.78, 5) is 0. The van der Waals surface area contributed by atoms with Gasteiger partial charge in [0.15, 0.2) is 0 Å². The van der Waals surface area contributed by atoms with Crippen molar-refractivity contribution in [3.05, 3.63) is 0 Å². The summed E-state index contributed by atoms with van der Waals surface area (Å²) < 4.78 is 5.28. The van der Waals surface area contributed by atoms with Gasteiger partial charge in [-0.2, -0.15) is 0 Å². The van der Waals surface area contributed by atoms with Gasteiger partial charge >= 0.3 is 0 Å². The van der Waals surface area contributed by atoms with Crippen molar-refractivity contribution >= 4 is 0 Å². The largest absolute Gasteiger partial charge is 0.382 e. The van der Waals surface area contributed by atoms with Crippen molar-refractivity contribution in [2.45, 2.75) is 58.1 Å². The molecule has 14 heavy (non-hydrogen) atoms. The Labute approximate surface area is 88.4 Å². The zero-order valence-corrected chi connectivity index (χ0v) is 9.88. The van der Waals surface area contributed by atoms with Crippen LogP contribution in [0.25, 0.3) is 0 Å². The van der Waals surface area contributed by atoms with Gasteiger partial charge in [-0.3, -0.25) is 0 Å². The van der Waals surface area contributed by atoms with Crippen LogP contribution < -0.4 is 5.32 Å². The molecule has 0 heterocycles. The fourth-order valence-corrected chi connectivity index (χ4v) is 1.86. The van der Waals surface area contributed by atoms with Gasteiger partial charge in [0.1, 0.15) is 0 Å². The molecule has 0 aromatic heterocycles. The molecule has 1 fully saturated rings. The number of rotatable bonds is 8. The van der Waals surface area contributed by atoms with Crippen molar-refractivity contribution < 1.29 is 4.74 Å². The van der Waals surface area contributed by atoms with Crippen LogP contribution in [0.15, 0.2) is 0 Å². The first-order valence-corrected chi connectivity index (χ1v) is 6.04. The van der Waals surface area contributed by atoms with E-state index >= 15 is 0 Å². The number of hydrogen-bond acceptors (Lipinski definition) is 2. The van der Waals surface area contributed by atoms with E-state index in [2.05, 4.69) is 19.2 Å². The second-order valence-electron chi connectivity index (χ2n) is 4.52. The molecule has 2 heteroatoms. The minimum absolute atomic E-state index is 0.416. The normalized spacial score (nSPS) is 20.8. The molecule has 0 aliphatic heterocycles. The zero-order chi connectivity index (χ0) is 10.4. The van der Waals surface area contributed by atoms with Crippen LogP contribution in [0.2, 0.25) is 0 Å². The minimum Gasteiger partial charge on any atom is -0.382 e. The van der Waals surface area contributed by atoms with Gasteiger partial charge in [0.2, 0.25) is 0 Å². The quantitative estimate of drug-likeness (QED) is 0.649. The number of nitrogens with one attached hydrogen (secondary N) is 1. The van der Waals surface area contributed by atoms with E-state index in [1.165, 1.54) is 38.6 Å². The Morgan fingerprint density at radius 1 is 1.36 bits per heavy atom. The lowest BCUT2D eigenvalue weighted by Gasteiger charge is -2.19. The Hall–Kier alpha value is -0.0800. The Kier molecular flexibility index (Phi) is 5.49. The standard InChI is InChI=1S/C12H25NO/c1-4-9-13-12(11-6-7-11)8-5-10(2)14-3/h10-13H,4-9H2,1-3H3. The molecule has 2 atom stereocenters. The summed E-state index contributed by atoms with van der Waals surface area (Å²) in [6.07, 6.45) is 6.99. The summed E-state index contributed by atoms with van der Waals surface area (Å²) in [6, 6.07) is 0.757. The van der Waals surface area contributed by atoms with Gasteiger partial charge < -0.3 is 10.1 Å². The molecular formula is C12H25NO. The van der Waals surface area contributed by atoms with E-state index < -0.39 is 0 Å². The molecule has 0 saturated heterocycles. The molecular weight excluding hydrogens is 174 g/mol. The molecule has 0 spiro atoms. The zero-order valence-electron chi connectivity index (χ0n) is 9.88. The van der Waals surface area contributed by atoms with Gasteiger partial charge in [-0.05, 0) is 51.5 Å². The molecule has 1 rings (SSSR count). The van der Waals surface area contributed by atoms with Crippen molar-refractivity contribution in [1.29, 1.82) is 0 Å². The van der Waals surface area contributed by atoms with Crippen LogP contribution in [0.3, 0.4) is 0 Å². The molecule has 1 saturated carbocycles. The summed E-state index contributed by atoms with van der Waals surface area (Å²) in [5, 5.41) is 3.66. The Bertz CT molecular complexity index is 145. The summed E-state index contributed by atoms with van der Waals surface area (Å²) in [5.41, 5.74) is 0. The van der Waals surface area contributed by atoms with Crippen molar-refractivity contribution in [2.24, 2.45) is 5.92 Å². The SMILES string of the molecule is CCCNC(CCC(C)OC)C1CC1.